The summed E-state index contributed by atoms with van der Waals surface area (Å²) in [5, 5.41) is 13.4. The smallest absolute Gasteiger partial charge is 0.118 e. The minimum absolute atomic E-state index is 0.484. The van der Waals surface area contributed by atoms with Crippen molar-refractivity contribution in [2.45, 2.75) is 19.4 Å². The summed E-state index contributed by atoms with van der Waals surface area (Å²) in [6.45, 7) is 2.62. The molecule has 0 bridgehead atoms. The normalized spacial score (nSPS) is 11.9. The second kappa shape index (κ2) is 6.96. The zero-order valence-electron chi connectivity index (χ0n) is 12.0. The van der Waals surface area contributed by atoms with Gasteiger partial charge in [0.05, 0.1) is 13.2 Å². The molecule has 1 atom stereocenters. The summed E-state index contributed by atoms with van der Waals surface area (Å²) in [6.07, 6.45) is 0.501. The Morgan fingerprint density at radius 2 is 1.70 bits per heavy atom. The SMILES string of the molecule is CCc1ccc(NCC(O)c2ccc(OC)cc2)cc1. The first-order valence-electron chi connectivity index (χ1n) is 6.87. The van der Waals surface area contributed by atoms with E-state index in [1.165, 1.54) is 5.56 Å². The topological polar surface area (TPSA) is 41.5 Å². The van der Waals surface area contributed by atoms with Crippen molar-refractivity contribution < 1.29 is 9.84 Å². The summed E-state index contributed by atoms with van der Waals surface area (Å²) in [5.41, 5.74) is 3.21. The van der Waals surface area contributed by atoms with Crippen molar-refractivity contribution in [1.29, 1.82) is 0 Å². The predicted octanol–water partition coefficient (Wildman–Crippen LogP) is 3.40. The largest absolute Gasteiger partial charge is 0.497 e. The standard InChI is InChI=1S/C17H21NO2/c1-3-13-4-8-15(9-5-13)18-12-17(19)14-6-10-16(20-2)11-7-14/h4-11,17-19H,3,12H2,1-2H3. The Morgan fingerprint density at radius 3 is 2.25 bits per heavy atom. The molecular weight excluding hydrogens is 250 g/mol. The monoisotopic (exact) mass is 271 g/mol. The van der Waals surface area contributed by atoms with E-state index in [2.05, 4.69) is 24.4 Å². The van der Waals surface area contributed by atoms with Gasteiger partial charge in [-0.1, -0.05) is 31.2 Å². The van der Waals surface area contributed by atoms with Crippen LogP contribution in [0.15, 0.2) is 48.5 Å². The Balaban J connectivity index is 1.91. The number of benzene rings is 2. The molecule has 0 amide bonds. The second-order valence-electron chi connectivity index (χ2n) is 4.72. The van der Waals surface area contributed by atoms with Crippen molar-refractivity contribution in [3.05, 3.63) is 59.7 Å². The zero-order valence-corrected chi connectivity index (χ0v) is 12.0. The van der Waals surface area contributed by atoms with Crippen molar-refractivity contribution in [3.8, 4) is 5.75 Å². The van der Waals surface area contributed by atoms with Crippen LogP contribution >= 0.6 is 0 Å². The predicted molar refractivity (Wildman–Crippen MR) is 82.3 cm³/mol. The molecule has 2 N–H and O–H groups in total. The van der Waals surface area contributed by atoms with Crippen molar-refractivity contribution in [3.63, 3.8) is 0 Å². The molecule has 0 aromatic heterocycles. The highest BCUT2D eigenvalue weighted by molar-refractivity contribution is 5.45. The Bertz CT molecular complexity index is 520. The van der Waals surface area contributed by atoms with Gasteiger partial charge in [0.1, 0.15) is 5.75 Å². The van der Waals surface area contributed by atoms with Crippen LogP contribution in [0.5, 0.6) is 5.75 Å². The van der Waals surface area contributed by atoms with Crippen LogP contribution in [-0.4, -0.2) is 18.8 Å². The van der Waals surface area contributed by atoms with Crippen molar-refractivity contribution in [2.75, 3.05) is 19.0 Å². The lowest BCUT2D eigenvalue weighted by Crippen LogP contribution is -2.12. The maximum absolute atomic E-state index is 10.1. The third kappa shape index (κ3) is 3.75. The molecule has 0 aliphatic rings. The van der Waals surface area contributed by atoms with Crippen molar-refractivity contribution in [2.24, 2.45) is 0 Å². The molecule has 0 saturated carbocycles. The van der Waals surface area contributed by atoms with E-state index >= 15 is 0 Å². The second-order valence-corrected chi connectivity index (χ2v) is 4.72. The summed E-state index contributed by atoms with van der Waals surface area (Å²) in [4.78, 5) is 0. The van der Waals surface area contributed by atoms with Gasteiger partial charge in [0.25, 0.3) is 0 Å². The van der Waals surface area contributed by atoms with E-state index in [4.69, 9.17) is 4.74 Å². The first-order chi connectivity index (χ1) is 9.72. The highest BCUT2D eigenvalue weighted by Gasteiger charge is 2.07. The molecule has 0 aliphatic heterocycles. The van der Waals surface area contributed by atoms with E-state index in [9.17, 15) is 5.11 Å². The van der Waals surface area contributed by atoms with Crippen LogP contribution in [-0.2, 0) is 6.42 Å². The lowest BCUT2D eigenvalue weighted by molar-refractivity contribution is 0.191. The highest BCUT2D eigenvalue weighted by atomic mass is 16.5. The number of hydrogen-bond donors (Lipinski definition) is 2. The molecule has 20 heavy (non-hydrogen) atoms. The van der Waals surface area contributed by atoms with Gasteiger partial charge < -0.3 is 15.2 Å². The van der Waals surface area contributed by atoms with E-state index in [0.29, 0.717) is 6.54 Å². The van der Waals surface area contributed by atoms with Gasteiger partial charge in [0.2, 0.25) is 0 Å². The minimum atomic E-state index is -0.535. The van der Waals surface area contributed by atoms with E-state index in [-0.39, 0.29) is 0 Å². The van der Waals surface area contributed by atoms with Gasteiger partial charge >= 0.3 is 0 Å². The van der Waals surface area contributed by atoms with Crippen LogP contribution < -0.4 is 10.1 Å². The average molecular weight is 271 g/mol. The third-order valence-corrected chi connectivity index (χ3v) is 3.36. The van der Waals surface area contributed by atoms with E-state index < -0.39 is 6.10 Å². The molecule has 0 spiro atoms. The maximum Gasteiger partial charge on any atom is 0.118 e. The lowest BCUT2D eigenvalue weighted by Gasteiger charge is -2.14. The molecule has 0 saturated heterocycles. The summed E-state index contributed by atoms with van der Waals surface area (Å²) in [7, 11) is 1.63. The third-order valence-electron chi connectivity index (χ3n) is 3.36. The van der Waals surface area contributed by atoms with E-state index in [1.807, 2.05) is 36.4 Å². The molecule has 3 heteroatoms. The number of nitrogens with one attached hydrogen (secondary N) is 1. The molecule has 2 aromatic carbocycles. The Hall–Kier alpha value is -2.00. The quantitative estimate of drug-likeness (QED) is 0.846. The first kappa shape index (κ1) is 14.4. The highest BCUT2D eigenvalue weighted by Crippen LogP contribution is 2.18. The molecule has 0 heterocycles. The molecular formula is C17H21NO2. The number of anilines is 1. The van der Waals surface area contributed by atoms with Crippen molar-refractivity contribution >= 4 is 5.69 Å². The molecule has 0 radical (unpaired) electrons. The Labute approximate surface area is 120 Å². The number of aliphatic hydroxyl groups excluding tert-OH is 1. The molecule has 0 fully saturated rings. The molecule has 3 nitrogen and oxygen atoms in total. The van der Waals surface area contributed by atoms with Gasteiger partial charge in [-0.15, -0.1) is 0 Å². The maximum atomic E-state index is 10.1. The Morgan fingerprint density at radius 1 is 1.05 bits per heavy atom. The van der Waals surface area contributed by atoms with Crippen LogP contribution in [0, 0.1) is 0 Å². The minimum Gasteiger partial charge on any atom is -0.497 e. The fourth-order valence-corrected chi connectivity index (χ4v) is 2.02. The molecule has 1 unspecified atom stereocenters. The van der Waals surface area contributed by atoms with Gasteiger partial charge in [-0.05, 0) is 41.8 Å². The van der Waals surface area contributed by atoms with Crippen molar-refractivity contribution in [1.82, 2.24) is 0 Å². The number of methoxy groups -OCH3 is 1. The van der Waals surface area contributed by atoms with Gasteiger partial charge in [0, 0.05) is 12.2 Å². The Kier molecular flexibility index (Phi) is 5.02. The first-order valence-corrected chi connectivity index (χ1v) is 6.87. The van der Waals surface area contributed by atoms with Crippen LogP contribution in [0.3, 0.4) is 0 Å². The summed E-state index contributed by atoms with van der Waals surface area (Å²) in [6, 6.07) is 15.8. The van der Waals surface area contributed by atoms with Crippen LogP contribution in [0.25, 0.3) is 0 Å². The van der Waals surface area contributed by atoms with E-state index in [1.54, 1.807) is 7.11 Å². The number of aryl methyl sites for hydroxylation is 1. The average Bonchev–Trinajstić information content (AvgIpc) is 2.53. The van der Waals surface area contributed by atoms with Gasteiger partial charge in [0.15, 0.2) is 0 Å². The summed E-state index contributed by atoms with van der Waals surface area (Å²) in [5.74, 6) is 0.795. The van der Waals surface area contributed by atoms with Crippen LogP contribution in [0.1, 0.15) is 24.2 Å². The van der Waals surface area contributed by atoms with Gasteiger partial charge in [-0.2, -0.15) is 0 Å². The van der Waals surface area contributed by atoms with Gasteiger partial charge in [-0.3, -0.25) is 0 Å². The van der Waals surface area contributed by atoms with E-state index in [0.717, 1.165) is 23.4 Å². The summed E-state index contributed by atoms with van der Waals surface area (Å²) < 4.78 is 5.10. The fourth-order valence-electron chi connectivity index (χ4n) is 2.02. The number of rotatable bonds is 6. The van der Waals surface area contributed by atoms with Crippen LogP contribution in [0.4, 0.5) is 5.69 Å². The molecule has 106 valence electrons. The molecule has 2 aromatic rings. The zero-order chi connectivity index (χ0) is 14.4. The number of aliphatic hydroxyl groups is 1. The van der Waals surface area contributed by atoms with Gasteiger partial charge in [-0.25, -0.2) is 0 Å². The molecule has 2 rings (SSSR count). The van der Waals surface area contributed by atoms with Crippen LogP contribution in [0.2, 0.25) is 0 Å². The number of hydrogen-bond acceptors (Lipinski definition) is 3. The lowest BCUT2D eigenvalue weighted by atomic mass is 10.1. The fraction of sp³-hybridized carbons (Fsp3) is 0.294. The number of ether oxygens (including phenoxy) is 1. The molecule has 0 aliphatic carbocycles. The summed E-state index contributed by atoms with van der Waals surface area (Å²) >= 11 is 0.